The molecule has 0 spiro atoms. The molecule has 2 rings (SSSR count). The SMILES string of the molecule is CCCN1CC(=O)N(CC(O)C2CC2)CC1=O. The van der Waals surface area contributed by atoms with Gasteiger partial charge in [0, 0.05) is 13.1 Å². The first-order valence-corrected chi connectivity index (χ1v) is 6.35. The molecule has 2 amide bonds. The first-order chi connectivity index (χ1) is 8.11. The molecule has 2 fully saturated rings. The molecule has 1 atom stereocenters. The van der Waals surface area contributed by atoms with Gasteiger partial charge < -0.3 is 14.9 Å². The van der Waals surface area contributed by atoms with E-state index in [-0.39, 0.29) is 24.9 Å². The Morgan fingerprint density at radius 2 is 1.82 bits per heavy atom. The molecule has 1 aliphatic heterocycles. The molecular formula is C12H20N2O3. The molecule has 0 aromatic rings. The first-order valence-electron chi connectivity index (χ1n) is 6.35. The van der Waals surface area contributed by atoms with Gasteiger partial charge >= 0.3 is 0 Å². The summed E-state index contributed by atoms with van der Waals surface area (Å²) >= 11 is 0. The maximum absolute atomic E-state index is 11.8. The van der Waals surface area contributed by atoms with Crippen LogP contribution in [0.15, 0.2) is 0 Å². The molecule has 5 nitrogen and oxygen atoms in total. The van der Waals surface area contributed by atoms with Gasteiger partial charge in [0.05, 0.1) is 19.2 Å². The number of nitrogens with zero attached hydrogens (tertiary/aromatic N) is 2. The lowest BCUT2D eigenvalue weighted by Crippen LogP contribution is -2.55. The molecule has 1 N–H and O–H groups in total. The van der Waals surface area contributed by atoms with E-state index in [1.165, 1.54) is 4.90 Å². The molecular weight excluding hydrogens is 220 g/mol. The van der Waals surface area contributed by atoms with Crippen LogP contribution in [0.25, 0.3) is 0 Å². The zero-order valence-corrected chi connectivity index (χ0v) is 10.3. The van der Waals surface area contributed by atoms with Crippen molar-refractivity contribution < 1.29 is 14.7 Å². The highest BCUT2D eigenvalue weighted by molar-refractivity contribution is 5.92. The Morgan fingerprint density at radius 1 is 1.24 bits per heavy atom. The van der Waals surface area contributed by atoms with Gasteiger partial charge in [0.2, 0.25) is 11.8 Å². The Morgan fingerprint density at radius 3 is 2.41 bits per heavy atom. The number of hydrogen-bond acceptors (Lipinski definition) is 3. The van der Waals surface area contributed by atoms with Gasteiger partial charge in [-0.15, -0.1) is 0 Å². The molecule has 0 radical (unpaired) electrons. The maximum Gasteiger partial charge on any atom is 0.242 e. The van der Waals surface area contributed by atoms with Crippen LogP contribution in [0.3, 0.4) is 0 Å². The average Bonchev–Trinajstić information content (AvgIpc) is 3.09. The Kier molecular flexibility index (Phi) is 3.66. The molecule has 0 aromatic carbocycles. The van der Waals surface area contributed by atoms with Crippen molar-refractivity contribution in [3.05, 3.63) is 0 Å². The number of aliphatic hydroxyl groups is 1. The molecule has 0 aromatic heterocycles. The second-order valence-electron chi connectivity index (χ2n) is 4.99. The van der Waals surface area contributed by atoms with Crippen LogP contribution < -0.4 is 0 Å². The molecule has 1 saturated carbocycles. The molecule has 1 heterocycles. The van der Waals surface area contributed by atoms with E-state index in [0.29, 0.717) is 19.0 Å². The Labute approximate surface area is 101 Å². The van der Waals surface area contributed by atoms with E-state index in [0.717, 1.165) is 19.3 Å². The number of amides is 2. The highest BCUT2D eigenvalue weighted by Gasteiger charge is 2.35. The summed E-state index contributed by atoms with van der Waals surface area (Å²) in [4.78, 5) is 26.7. The predicted octanol–water partition coefficient (Wildman–Crippen LogP) is -0.162. The van der Waals surface area contributed by atoms with Gasteiger partial charge in [-0.05, 0) is 25.2 Å². The molecule has 17 heavy (non-hydrogen) atoms. The fraction of sp³-hybridized carbons (Fsp3) is 0.833. The van der Waals surface area contributed by atoms with Gasteiger partial charge in [-0.2, -0.15) is 0 Å². The molecule has 2 aliphatic rings. The van der Waals surface area contributed by atoms with Crippen LogP contribution in [0.5, 0.6) is 0 Å². The Balaban J connectivity index is 1.87. The van der Waals surface area contributed by atoms with Gasteiger partial charge in [0.15, 0.2) is 0 Å². The van der Waals surface area contributed by atoms with Crippen LogP contribution in [0.1, 0.15) is 26.2 Å². The predicted molar refractivity (Wildman–Crippen MR) is 62.2 cm³/mol. The lowest BCUT2D eigenvalue weighted by molar-refractivity contribution is -0.151. The summed E-state index contributed by atoms with van der Waals surface area (Å²) in [5, 5.41) is 9.80. The van der Waals surface area contributed by atoms with E-state index in [2.05, 4.69) is 0 Å². The minimum atomic E-state index is -0.454. The lowest BCUT2D eigenvalue weighted by Gasteiger charge is -2.34. The fourth-order valence-corrected chi connectivity index (χ4v) is 2.20. The topological polar surface area (TPSA) is 60.9 Å². The zero-order chi connectivity index (χ0) is 12.4. The first kappa shape index (κ1) is 12.4. The summed E-state index contributed by atoms with van der Waals surface area (Å²) < 4.78 is 0. The van der Waals surface area contributed by atoms with Crippen LogP contribution >= 0.6 is 0 Å². The van der Waals surface area contributed by atoms with E-state index >= 15 is 0 Å². The zero-order valence-electron chi connectivity index (χ0n) is 10.3. The maximum atomic E-state index is 11.8. The van der Waals surface area contributed by atoms with Crippen molar-refractivity contribution in [2.75, 3.05) is 26.2 Å². The average molecular weight is 240 g/mol. The third-order valence-electron chi connectivity index (χ3n) is 3.42. The minimum Gasteiger partial charge on any atom is -0.391 e. The van der Waals surface area contributed by atoms with Crippen LogP contribution in [0.4, 0.5) is 0 Å². The Bertz CT molecular complexity index is 315. The van der Waals surface area contributed by atoms with Gasteiger partial charge in [-0.3, -0.25) is 9.59 Å². The smallest absolute Gasteiger partial charge is 0.242 e. The number of carbonyl (C=O) groups is 2. The van der Waals surface area contributed by atoms with E-state index < -0.39 is 6.10 Å². The molecule has 1 saturated heterocycles. The summed E-state index contributed by atoms with van der Waals surface area (Å²) in [5.41, 5.74) is 0. The number of carbonyl (C=O) groups excluding carboxylic acids is 2. The largest absolute Gasteiger partial charge is 0.391 e. The highest BCUT2D eigenvalue weighted by Crippen LogP contribution is 2.33. The molecule has 1 aliphatic carbocycles. The second-order valence-corrected chi connectivity index (χ2v) is 4.99. The minimum absolute atomic E-state index is 0.00514. The standard InChI is InChI=1S/C12H20N2O3/c1-2-5-13-7-12(17)14(8-11(13)16)6-10(15)9-3-4-9/h9-10,15H,2-8H2,1H3. The van der Waals surface area contributed by atoms with Crippen molar-refractivity contribution in [1.82, 2.24) is 9.80 Å². The monoisotopic (exact) mass is 240 g/mol. The van der Waals surface area contributed by atoms with Crippen molar-refractivity contribution in [2.45, 2.75) is 32.3 Å². The van der Waals surface area contributed by atoms with Gasteiger partial charge in [-0.25, -0.2) is 0 Å². The number of rotatable bonds is 5. The normalized spacial score (nSPS) is 23.2. The summed E-state index contributed by atoms with van der Waals surface area (Å²) in [5.74, 6) is 0.291. The van der Waals surface area contributed by atoms with Crippen LogP contribution in [0, 0.1) is 5.92 Å². The molecule has 5 heteroatoms. The number of β-amino-alcohol motifs (C(OH)–C–C–N with tert-alkyl or cyclic N) is 1. The van der Waals surface area contributed by atoms with E-state index in [1.54, 1.807) is 4.90 Å². The third-order valence-corrected chi connectivity index (χ3v) is 3.42. The highest BCUT2D eigenvalue weighted by atomic mass is 16.3. The van der Waals surface area contributed by atoms with Crippen molar-refractivity contribution in [3.63, 3.8) is 0 Å². The van der Waals surface area contributed by atoms with Crippen molar-refractivity contribution in [1.29, 1.82) is 0 Å². The van der Waals surface area contributed by atoms with E-state index in [1.807, 2.05) is 6.92 Å². The van der Waals surface area contributed by atoms with E-state index in [4.69, 9.17) is 0 Å². The van der Waals surface area contributed by atoms with Crippen LogP contribution in [0.2, 0.25) is 0 Å². The summed E-state index contributed by atoms with van der Waals surface area (Å²) in [6, 6.07) is 0. The van der Waals surface area contributed by atoms with Crippen molar-refractivity contribution >= 4 is 11.8 Å². The second kappa shape index (κ2) is 5.04. The summed E-state index contributed by atoms with van der Waals surface area (Å²) in [6.07, 6.45) is 2.49. The van der Waals surface area contributed by atoms with E-state index in [9.17, 15) is 14.7 Å². The number of hydrogen-bond donors (Lipinski definition) is 1. The summed E-state index contributed by atoms with van der Waals surface area (Å²) in [6.45, 7) is 3.24. The molecule has 96 valence electrons. The third kappa shape index (κ3) is 2.97. The number of aliphatic hydroxyl groups excluding tert-OH is 1. The molecule has 1 unspecified atom stereocenters. The van der Waals surface area contributed by atoms with Crippen molar-refractivity contribution in [3.8, 4) is 0 Å². The summed E-state index contributed by atoms with van der Waals surface area (Å²) in [7, 11) is 0. The van der Waals surface area contributed by atoms with Gasteiger partial charge in [0.1, 0.15) is 0 Å². The van der Waals surface area contributed by atoms with Crippen LogP contribution in [-0.2, 0) is 9.59 Å². The van der Waals surface area contributed by atoms with Crippen molar-refractivity contribution in [2.24, 2.45) is 5.92 Å². The van der Waals surface area contributed by atoms with Crippen LogP contribution in [-0.4, -0.2) is 59.0 Å². The quantitative estimate of drug-likeness (QED) is 0.726. The Hall–Kier alpha value is -1.10. The lowest BCUT2D eigenvalue weighted by atomic mass is 10.2. The molecule has 0 bridgehead atoms. The van der Waals surface area contributed by atoms with Gasteiger partial charge in [-0.1, -0.05) is 6.92 Å². The fourth-order valence-electron chi connectivity index (χ4n) is 2.20. The van der Waals surface area contributed by atoms with Gasteiger partial charge in [0.25, 0.3) is 0 Å². The number of piperazine rings is 1.